The molecule has 0 aliphatic carbocycles. The maximum absolute atomic E-state index is 10.8. The Bertz CT molecular complexity index is 484. The Morgan fingerprint density at radius 2 is 2.21 bits per heavy atom. The van der Waals surface area contributed by atoms with Gasteiger partial charge in [0.1, 0.15) is 11.3 Å². The van der Waals surface area contributed by atoms with Crippen molar-refractivity contribution >= 4 is 16.9 Å². The number of carboxylic acids is 1. The Hall–Kier alpha value is -1.97. The normalized spacial score (nSPS) is 10.4. The van der Waals surface area contributed by atoms with Crippen molar-refractivity contribution in [1.82, 2.24) is 0 Å². The van der Waals surface area contributed by atoms with Crippen LogP contribution in [-0.2, 0) is 0 Å². The molecule has 0 saturated carbocycles. The van der Waals surface area contributed by atoms with E-state index in [-0.39, 0.29) is 5.56 Å². The van der Waals surface area contributed by atoms with E-state index in [4.69, 9.17) is 14.3 Å². The van der Waals surface area contributed by atoms with Gasteiger partial charge >= 0.3 is 5.97 Å². The number of aromatic carboxylic acids is 1. The molecular formula is C10H8O4. The Morgan fingerprint density at radius 1 is 1.43 bits per heavy atom. The average Bonchev–Trinajstić information content (AvgIpc) is 2.64. The van der Waals surface area contributed by atoms with Crippen LogP contribution < -0.4 is 4.74 Å². The quantitative estimate of drug-likeness (QED) is 0.791. The Morgan fingerprint density at radius 3 is 2.86 bits per heavy atom. The number of fused-ring (bicyclic) bond motifs is 1. The lowest BCUT2D eigenvalue weighted by Gasteiger charge is -2.02. The molecule has 1 aromatic heterocycles. The molecule has 0 amide bonds. The highest BCUT2D eigenvalue weighted by molar-refractivity contribution is 6.02. The molecule has 0 bridgehead atoms. The second-order valence-corrected chi connectivity index (χ2v) is 2.78. The Balaban J connectivity index is 2.78. The number of carboxylic acid groups (broad SMARTS) is 1. The number of methoxy groups -OCH3 is 1. The summed E-state index contributed by atoms with van der Waals surface area (Å²) < 4.78 is 10.2. The van der Waals surface area contributed by atoms with Gasteiger partial charge in [-0.05, 0) is 18.2 Å². The van der Waals surface area contributed by atoms with Crippen molar-refractivity contribution in [2.45, 2.75) is 0 Å². The van der Waals surface area contributed by atoms with E-state index in [9.17, 15) is 4.79 Å². The van der Waals surface area contributed by atoms with Crippen molar-refractivity contribution in [3.8, 4) is 5.75 Å². The van der Waals surface area contributed by atoms with Gasteiger partial charge in [-0.2, -0.15) is 0 Å². The van der Waals surface area contributed by atoms with Crippen LogP contribution >= 0.6 is 0 Å². The first-order valence-corrected chi connectivity index (χ1v) is 4.01. The van der Waals surface area contributed by atoms with Gasteiger partial charge in [0.2, 0.25) is 0 Å². The van der Waals surface area contributed by atoms with Gasteiger partial charge in [0.15, 0.2) is 5.58 Å². The van der Waals surface area contributed by atoms with Gasteiger partial charge in [0.05, 0.1) is 18.8 Å². The summed E-state index contributed by atoms with van der Waals surface area (Å²) in [5.74, 6) is -0.397. The summed E-state index contributed by atoms with van der Waals surface area (Å²) in [5, 5.41) is 9.54. The maximum Gasteiger partial charge on any atom is 0.339 e. The second-order valence-electron chi connectivity index (χ2n) is 2.78. The summed E-state index contributed by atoms with van der Waals surface area (Å²) >= 11 is 0. The third-order valence-corrected chi connectivity index (χ3v) is 2.03. The van der Waals surface area contributed by atoms with E-state index in [0.717, 1.165) is 0 Å². The predicted octanol–water partition coefficient (Wildman–Crippen LogP) is 2.14. The smallest absolute Gasteiger partial charge is 0.339 e. The summed E-state index contributed by atoms with van der Waals surface area (Å²) in [5.41, 5.74) is 0.489. The number of rotatable bonds is 2. The Labute approximate surface area is 79.7 Å². The van der Waals surface area contributed by atoms with Gasteiger partial charge in [-0.25, -0.2) is 4.79 Å². The molecule has 0 aliphatic rings. The van der Waals surface area contributed by atoms with E-state index in [1.54, 1.807) is 12.1 Å². The summed E-state index contributed by atoms with van der Waals surface area (Å²) in [6, 6.07) is 4.76. The highest BCUT2D eigenvalue weighted by Crippen LogP contribution is 2.29. The van der Waals surface area contributed by atoms with Gasteiger partial charge in [-0.3, -0.25) is 0 Å². The summed E-state index contributed by atoms with van der Waals surface area (Å²) in [6.45, 7) is 0. The molecule has 0 radical (unpaired) electrons. The van der Waals surface area contributed by atoms with Gasteiger partial charge in [0, 0.05) is 0 Å². The van der Waals surface area contributed by atoms with E-state index in [1.165, 1.54) is 19.4 Å². The number of hydrogen-bond acceptors (Lipinski definition) is 3. The first-order valence-electron chi connectivity index (χ1n) is 4.01. The zero-order chi connectivity index (χ0) is 10.1. The summed E-state index contributed by atoms with van der Waals surface area (Å²) in [7, 11) is 1.53. The first kappa shape index (κ1) is 8.62. The molecule has 72 valence electrons. The van der Waals surface area contributed by atoms with Crippen LogP contribution in [0.1, 0.15) is 10.4 Å². The Kier molecular flexibility index (Phi) is 1.89. The molecule has 1 N–H and O–H groups in total. The van der Waals surface area contributed by atoms with Crippen LogP contribution in [0.4, 0.5) is 0 Å². The van der Waals surface area contributed by atoms with E-state index in [1.807, 2.05) is 0 Å². The van der Waals surface area contributed by atoms with Crippen LogP contribution in [0, 0.1) is 0 Å². The van der Waals surface area contributed by atoms with E-state index in [0.29, 0.717) is 16.7 Å². The molecule has 0 fully saturated rings. The molecule has 4 heteroatoms. The first-order chi connectivity index (χ1) is 6.74. The fourth-order valence-corrected chi connectivity index (χ4v) is 1.38. The van der Waals surface area contributed by atoms with Crippen LogP contribution in [0.5, 0.6) is 5.75 Å². The van der Waals surface area contributed by atoms with E-state index >= 15 is 0 Å². The van der Waals surface area contributed by atoms with Gasteiger partial charge in [-0.15, -0.1) is 0 Å². The van der Waals surface area contributed by atoms with Crippen molar-refractivity contribution in [3.63, 3.8) is 0 Å². The third kappa shape index (κ3) is 1.12. The highest BCUT2D eigenvalue weighted by atomic mass is 16.5. The van der Waals surface area contributed by atoms with Crippen molar-refractivity contribution < 1.29 is 19.1 Å². The van der Waals surface area contributed by atoms with Crippen LogP contribution in [0.25, 0.3) is 11.0 Å². The lowest BCUT2D eigenvalue weighted by molar-refractivity contribution is 0.0698. The molecule has 0 unspecified atom stereocenters. The molecule has 4 nitrogen and oxygen atoms in total. The largest absolute Gasteiger partial charge is 0.496 e. The molecule has 0 saturated heterocycles. The zero-order valence-electron chi connectivity index (χ0n) is 7.48. The fraction of sp³-hybridized carbons (Fsp3) is 0.100. The minimum Gasteiger partial charge on any atom is -0.496 e. The van der Waals surface area contributed by atoms with Gasteiger partial charge < -0.3 is 14.3 Å². The highest BCUT2D eigenvalue weighted by Gasteiger charge is 2.13. The molecule has 2 rings (SSSR count). The van der Waals surface area contributed by atoms with E-state index < -0.39 is 5.97 Å². The molecule has 0 atom stereocenters. The maximum atomic E-state index is 10.8. The number of ether oxygens (including phenoxy) is 1. The van der Waals surface area contributed by atoms with Gasteiger partial charge in [-0.1, -0.05) is 0 Å². The minimum atomic E-state index is -1.01. The van der Waals surface area contributed by atoms with Crippen LogP contribution in [0.2, 0.25) is 0 Å². The average molecular weight is 192 g/mol. The standard InChI is InChI=1S/C10H8O4/c1-13-8-3-2-7(10(11)12)9-6(8)4-5-14-9/h2-5H,1H3,(H,11,12). The fourth-order valence-electron chi connectivity index (χ4n) is 1.38. The van der Waals surface area contributed by atoms with Crippen LogP contribution in [0.3, 0.4) is 0 Å². The van der Waals surface area contributed by atoms with Gasteiger partial charge in [0.25, 0.3) is 0 Å². The van der Waals surface area contributed by atoms with Crippen LogP contribution in [0.15, 0.2) is 28.9 Å². The molecule has 2 aromatic rings. The van der Waals surface area contributed by atoms with Crippen molar-refractivity contribution in [3.05, 3.63) is 30.0 Å². The lowest BCUT2D eigenvalue weighted by atomic mass is 10.1. The van der Waals surface area contributed by atoms with Crippen molar-refractivity contribution in [1.29, 1.82) is 0 Å². The summed E-state index contributed by atoms with van der Waals surface area (Å²) in [6.07, 6.45) is 1.44. The molecule has 1 heterocycles. The molecule has 0 aliphatic heterocycles. The molecular weight excluding hydrogens is 184 g/mol. The van der Waals surface area contributed by atoms with E-state index in [2.05, 4.69) is 0 Å². The molecule has 0 spiro atoms. The number of benzene rings is 1. The monoisotopic (exact) mass is 192 g/mol. The summed E-state index contributed by atoms with van der Waals surface area (Å²) in [4.78, 5) is 10.8. The third-order valence-electron chi connectivity index (χ3n) is 2.03. The second kappa shape index (κ2) is 3.06. The molecule has 1 aromatic carbocycles. The number of furan rings is 1. The topological polar surface area (TPSA) is 59.7 Å². The molecule has 14 heavy (non-hydrogen) atoms. The minimum absolute atomic E-state index is 0.144. The van der Waals surface area contributed by atoms with Crippen molar-refractivity contribution in [2.75, 3.05) is 7.11 Å². The van der Waals surface area contributed by atoms with Crippen LogP contribution in [-0.4, -0.2) is 18.2 Å². The van der Waals surface area contributed by atoms with Crippen molar-refractivity contribution in [2.24, 2.45) is 0 Å². The zero-order valence-corrected chi connectivity index (χ0v) is 7.48. The predicted molar refractivity (Wildman–Crippen MR) is 49.7 cm³/mol. The number of hydrogen-bond donors (Lipinski definition) is 1. The number of carbonyl (C=O) groups is 1. The SMILES string of the molecule is COc1ccc(C(=O)O)c2occc12. The lowest BCUT2D eigenvalue weighted by Crippen LogP contribution is -1.96.